The molecule has 0 spiro atoms. The minimum absolute atomic E-state index is 0.0845. The first-order chi connectivity index (χ1) is 13.3. The minimum Gasteiger partial charge on any atom is -0.490 e. The number of ether oxygens (including phenoxy) is 1. The Morgan fingerprint density at radius 1 is 1.25 bits per heavy atom. The van der Waals surface area contributed by atoms with Gasteiger partial charge in [0, 0.05) is 11.3 Å². The van der Waals surface area contributed by atoms with Crippen molar-refractivity contribution in [3.8, 4) is 5.75 Å². The summed E-state index contributed by atoms with van der Waals surface area (Å²) in [5.41, 5.74) is 6.41. The third-order valence-corrected chi connectivity index (χ3v) is 7.96. The maximum absolute atomic E-state index is 13.0. The number of alkyl halides is 1. The van der Waals surface area contributed by atoms with Gasteiger partial charge in [-0.1, -0.05) is 26.0 Å². The molecule has 0 aliphatic heterocycles. The molecule has 28 heavy (non-hydrogen) atoms. The van der Waals surface area contributed by atoms with Gasteiger partial charge in [-0.3, -0.25) is 4.79 Å². The Morgan fingerprint density at radius 2 is 1.93 bits per heavy atom. The van der Waals surface area contributed by atoms with E-state index in [0.29, 0.717) is 17.8 Å². The normalized spacial score (nSPS) is 21.4. The number of hydrogen-bond acceptors (Lipinski definition) is 3. The zero-order chi connectivity index (χ0) is 20.2. The van der Waals surface area contributed by atoms with Gasteiger partial charge < -0.3 is 4.74 Å². The summed E-state index contributed by atoms with van der Waals surface area (Å²) < 4.78 is 17.9. The average molecular weight is 401 g/mol. The van der Waals surface area contributed by atoms with Gasteiger partial charge in [0.25, 0.3) is 0 Å². The topological polar surface area (TPSA) is 26.3 Å². The van der Waals surface area contributed by atoms with Gasteiger partial charge in [-0.2, -0.15) is 0 Å². The van der Waals surface area contributed by atoms with Gasteiger partial charge in [0.1, 0.15) is 19.0 Å². The van der Waals surface area contributed by atoms with Crippen molar-refractivity contribution in [2.24, 2.45) is 11.3 Å². The Labute approximate surface area is 171 Å². The van der Waals surface area contributed by atoms with Crippen LogP contribution in [0.25, 0.3) is 0 Å². The van der Waals surface area contributed by atoms with Crippen molar-refractivity contribution in [3.05, 3.63) is 49.7 Å². The Morgan fingerprint density at radius 3 is 2.57 bits per heavy atom. The zero-order valence-electron chi connectivity index (χ0n) is 17.4. The average Bonchev–Trinajstić information content (AvgIpc) is 2.96. The standard InChI is InChI=1S/C24H29FO2S/c1-13-10-16(11-14(2)22(13)27-9-8-25)6-7-19(26)23-17-12-18-21(24(18,4)5)20(17)15(3)28-23/h10-11,18,21H,6-9,12H2,1-5H3/t18-,21-/m1/s1. The number of rotatable bonds is 7. The summed E-state index contributed by atoms with van der Waals surface area (Å²) in [7, 11) is 0. The monoisotopic (exact) mass is 400 g/mol. The molecule has 0 radical (unpaired) electrons. The molecule has 1 aromatic heterocycles. The molecule has 2 atom stereocenters. The molecule has 2 aliphatic carbocycles. The molecular weight excluding hydrogens is 371 g/mol. The van der Waals surface area contributed by atoms with Crippen LogP contribution >= 0.6 is 11.3 Å². The molecule has 4 rings (SSSR count). The van der Waals surface area contributed by atoms with E-state index in [0.717, 1.165) is 46.1 Å². The summed E-state index contributed by atoms with van der Waals surface area (Å²) in [6, 6.07) is 4.13. The lowest BCUT2D eigenvalue weighted by Crippen LogP contribution is -2.06. The second kappa shape index (κ2) is 6.98. The number of Topliss-reactive ketones (excluding diaryl/α,β-unsaturated/α-hetero) is 1. The van der Waals surface area contributed by atoms with Gasteiger partial charge in [-0.25, -0.2) is 4.39 Å². The molecule has 0 N–H and O–H groups in total. The molecule has 2 aromatic rings. The molecule has 0 saturated heterocycles. The summed E-state index contributed by atoms with van der Waals surface area (Å²) in [6.45, 7) is 10.5. The Balaban J connectivity index is 1.47. The van der Waals surface area contributed by atoms with Crippen molar-refractivity contribution in [1.82, 2.24) is 0 Å². The molecule has 150 valence electrons. The number of halogens is 1. The fourth-order valence-electron chi connectivity index (χ4n) is 5.28. The van der Waals surface area contributed by atoms with Gasteiger partial charge in [0.2, 0.25) is 0 Å². The highest BCUT2D eigenvalue weighted by Crippen LogP contribution is 2.71. The van der Waals surface area contributed by atoms with Crippen LogP contribution in [0.3, 0.4) is 0 Å². The van der Waals surface area contributed by atoms with E-state index >= 15 is 0 Å². The van der Waals surface area contributed by atoms with Crippen molar-refractivity contribution in [2.45, 2.75) is 59.8 Å². The van der Waals surface area contributed by atoms with E-state index in [2.05, 4.69) is 32.9 Å². The highest BCUT2D eigenvalue weighted by molar-refractivity contribution is 7.14. The molecule has 1 saturated carbocycles. The van der Waals surface area contributed by atoms with Crippen LogP contribution in [0.4, 0.5) is 4.39 Å². The van der Waals surface area contributed by atoms with Crippen LogP contribution < -0.4 is 4.74 Å². The minimum atomic E-state index is -0.488. The van der Waals surface area contributed by atoms with E-state index in [1.807, 2.05) is 13.8 Å². The summed E-state index contributed by atoms with van der Waals surface area (Å²) in [4.78, 5) is 15.3. The Hall–Kier alpha value is -1.68. The summed E-state index contributed by atoms with van der Waals surface area (Å²) in [6.07, 6.45) is 2.35. The second-order valence-corrected chi connectivity index (χ2v) is 10.2. The van der Waals surface area contributed by atoms with Crippen LogP contribution in [0.2, 0.25) is 0 Å². The van der Waals surface area contributed by atoms with E-state index in [1.165, 1.54) is 16.0 Å². The fourth-order valence-corrected chi connectivity index (χ4v) is 6.48. The largest absolute Gasteiger partial charge is 0.490 e. The third-order valence-electron chi connectivity index (χ3n) is 6.76. The summed E-state index contributed by atoms with van der Waals surface area (Å²) in [5, 5.41) is 0. The van der Waals surface area contributed by atoms with Gasteiger partial charge in [-0.05, 0) is 78.7 Å². The number of benzene rings is 1. The third kappa shape index (κ3) is 3.10. The number of fused-ring (bicyclic) bond motifs is 3. The van der Waals surface area contributed by atoms with Gasteiger partial charge in [-0.15, -0.1) is 11.3 Å². The number of carbonyl (C=O) groups is 1. The van der Waals surface area contributed by atoms with Crippen LogP contribution in [0, 0.1) is 32.1 Å². The highest BCUT2D eigenvalue weighted by atomic mass is 32.1. The first kappa shape index (κ1) is 19.6. The molecule has 1 aromatic carbocycles. The maximum atomic E-state index is 13.0. The molecular formula is C24H29FO2S. The molecule has 1 fully saturated rings. The van der Waals surface area contributed by atoms with Crippen LogP contribution in [-0.4, -0.2) is 19.1 Å². The summed E-state index contributed by atoms with van der Waals surface area (Å²) >= 11 is 1.70. The van der Waals surface area contributed by atoms with Gasteiger partial charge in [0.15, 0.2) is 5.78 Å². The van der Waals surface area contributed by atoms with Crippen molar-refractivity contribution >= 4 is 17.1 Å². The zero-order valence-corrected chi connectivity index (χ0v) is 18.3. The number of carbonyl (C=O) groups excluding carboxylic acids is 1. The molecule has 0 amide bonds. The highest BCUT2D eigenvalue weighted by Gasteiger charge is 2.63. The van der Waals surface area contributed by atoms with Crippen LogP contribution in [0.15, 0.2) is 12.1 Å². The van der Waals surface area contributed by atoms with Crippen molar-refractivity contribution in [1.29, 1.82) is 0 Å². The quantitative estimate of drug-likeness (QED) is 0.522. The predicted octanol–water partition coefficient (Wildman–Crippen LogP) is 6.13. The molecule has 0 unspecified atom stereocenters. The Bertz CT molecular complexity index is 917. The van der Waals surface area contributed by atoms with Crippen molar-refractivity contribution < 1.29 is 13.9 Å². The lowest BCUT2D eigenvalue weighted by Gasteiger charge is -2.13. The summed E-state index contributed by atoms with van der Waals surface area (Å²) in [5.74, 6) is 2.45. The SMILES string of the molecule is Cc1cc(CCC(=O)c2sc(C)c3c2C[C@@H]2[C@H]3C2(C)C)cc(C)c1OCCF. The molecule has 0 bridgehead atoms. The second-order valence-electron chi connectivity index (χ2n) is 9.01. The first-order valence-electron chi connectivity index (χ1n) is 10.2. The van der Waals surface area contributed by atoms with Gasteiger partial charge >= 0.3 is 0 Å². The first-order valence-corrected chi connectivity index (χ1v) is 11.0. The number of aryl methyl sites for hydroxylation is 4. The van der Waals surface area contributed by atoms with E-state index in [1.54, 1.807) is 11.3 Å². The number of ketones is 1. The van der Waals surface area contributed by atoms with Crippen LogP contribution in [0.1, 0.15) is 68.6 Å². The maximum Gasteiger partial charge on any atom is 0.173 e. The molecule has 2 aliphatic rings. The predicted molar refractivity (Wildman–Crippen MR) is 113 cm³/mol. The van der Waals surface area contributed by atoms with E-state index in [9.17, 15) is 9.18 Å². The molecule has 1 heterocycles. The lowest BCUT2D eigenvalue weighted by atomic mass is 9.93. The lowest BCUT2D eigenvalue weighted by molar-refractivity contribution is 0.0985. The van der Waals surface area contributed by atoms with Gasteiger partial charge in [0.05, 0.1) is 4.88 Å². The smallest absolute Gasteiger partial charge is 0.173 e. The van der Waals surface area contributed by atoms with Crippen molar-refractivity contribution in [3.63, 3.8) is 0 Å². The molecule has 4 heteroatoms. The van der Waals surface area contributed by atoms with E-state index < -0.39 is 6.67 Å². The van der Waals surface area contributed by atoms with E-state index in [4.69, 9.17) is 4.74 Å². The Kier molecular flexibility index (Phi) is 4.89. The molecule has 2 nitrogen and oxygen atoms in total. The fraction of sp³-hybridized carbons (Fsp3) is 0.542. The van der Waals surface area contributed by atoms with E-state index in [-0.39, 0.29) is 12.4 Å². The van der Waals surface area contributed by atoms with Crippen molar-refractivity contribution in [2.75, 3.05) is 13.3 Å². The van der Waals surface area contributed by atoms with Crippen LogP contribution in [0.5, 0.6) is 5.75 Å². The van der Waals surface area contributed by atoms with Crippen LogP contribution in [-0.2, 0) is 12.8 Å². The number of hydrogen-bond donors (Lipinski definition) is 0. The number of thiophene rings is 1.